The molecule has 1 aromatic carbocycles. The molecule has 3 aromatic rings. The summed E-state index contributed by atoms with van der Waals surface area (Å²) in [6.45, 7) is 3.48. The van der Waals surface area contributed by atoms with Crippen molar-refractivity contribution in [2.45, 2.75) is 32.9 Å². The molecular formula is C19H17N3O3S. The third-order valence-electron chi connectivity index (χ3n) is 4.72. The van der Waals surface area contributed by atoms with Crippen molar-refractivity contribution < 1.29 is 9.59 Å². The molecule has 6 nitrogen and oxygen atoms in total. The molecule has 0 saturated carbocycles. The minimum Gasteiger partial charge on any atom is -0.309 e. The van der Waals surface area contributed by atoms with Crippen LogP contribution in [0.2, 0.25) is 0 Å². The molecule has 26 heavy (non-hydrogen) atoms. The molecule has 0 fully saturated rings. The number of Topliss-reactive ketones (excluding diaryl/α,β-unsaturated/α-hetero) is 1. The number of benzene rings is 1. The van der Waals surface area contributed by atoms with Gasteiger partial charge in [0.25, 0.3) is 5.56 Å². The van der Waals surface area contributed by atoms with E-state index in [-0.39, 0.29) is 29.8 Å². The highest BCUT2D eigenvalue weighted by Gasteiger charge is 2.29. The van der Waals surface area contributed by atoms with E-state index in [0.29, 0.717) is 15.8 Å². The quantitative estimate of drug-likeness (QED) is 0.667. The largest absolute Gasteiger partial charge is 0.309 e. The van der Waals surface area contributed by atoms with Crippen LogP contribution in [0.3, 0.4) is 0 Å². The molecule has 132 valence electrons. The van der Waals surface area contributed by atoms with Gasteiger partial charge in [0.05, 0.1) is 18.3 Å². The minimum absolute atomic E-state index is 0.00276. The van der Waals surface area contributed by atoms with Crippen LogP contribution >= 0.6 is 11.3 Å². The molecular weight excluding hydrogens is 350 g/mol. The van der Waals surface area contributed by atoms with Gasteiger partial charge in [0.2, 0.25) is 5.91 Å². The van der Waals surface area contributed by atoms with E-state index < -0.39 is 0 Å². The predicted molar refractivity (Wildman–Crippen MR) is 101 cm³/mol. The molecule has 0 radical (unpaired) electrons. The lowest BCUT2D eigenvalue weighted by molar-refractivity contribution is -0.116. The average Bonchev–Trinajstić information content (AvgIpc) is 3.20. The van der Waals surface area contributed by atoms with E-state index in [9.17, 15) is 14.4 Å². The van der Waals surface area contributed by atoms with Crippen LogP contribution in [0.15, 0.2) is 40.8 Å². The first-order valence-electron chi connectivity index (χ1n) is 8.34. The predicted octanol–water partition coefficient (Wildman–Crippen LogP) is 2.64. The van der Waals surface area contributed by atoms with Crippen LogP contribution < -0.4 is 10.5 Å². The summed E-state index contributed by atoms with van der Waals surface area (Å²) >= 11 is 1.40. The molecule has 2 aromatic heterocycles. The standard InChI is InChI=1S/C19H17N3O3S/c1-11-7-14-8-13(3-4-16(14)22(11)12(2)23)17(24)9-21-10-20-18-15(19(21)25)5-6-26-18/h3-6,8,10-11H,7,9H2,1-2H3/t11-/m1/s1. The average molecular weight is 367 g/mol. The third-order valence-corrected chi connectivity index (χ3v) is 5.54. The van der Waals surface area contributed by atoms with Gasteiger partial charge < -0.3 is 4.90 Å². The molecule has 3 heterocycles. The Balaban J connectivity index is 1.63. The number of aromatic nitrogens is 2. The molecule has 1 aliphatic rings. The summed E-state index contributed by atoms with van der Waals surface area (Å²) in [6, 6.07) is 7.18. The number of rotatable bonds is 3. The fourth-order valence-electron chi connectivity index (χ4n) is 3.54. The maximum atomic E-state index is 12.7. The van der Waals surface area contributed by atoms with Crippen LogP contribution in [0.5, 0.6) is 0 Å². The Morgan fingerprint density at radius 3 is 2.88 bits per heavy atom. The Kier molecular flexibility index (Phi) is 3.96. The van der Waals surface area contributed by atoms with E-state index in [1.165, 1.54) is 22.2 Å². The lowest BCUT2D eigenvalue weighted by Crippen LogP contribution is -2.33. The first-order valence-corrected chi connectivity index (χ1v) is 9.22. The Labute approximate surface area is 153 Å². The molecule has 0 bridgehead atoms. The van der Waals surface area contributed by atoms with Crippen LogP contribution in [0.25, 0.3) is 10.2 Å². The molecule has 7 heteroatoms. The molecule has 1 aliphatic heterocycles. The van der Waals surface area contributed by atoms with Gasteiger partial charge in [-0.15, -0.1) is 11.3 Å². The van der Waals surface area contributed by atoms with Crippen molar-refractivity contribution in [3.63, 3.8) is 0 Å². The second-order valence-corrected chi connectivity index (χ2v) is 7.42. The molecule has 0 aliphatic carbocycles. The zero-order valence-corrected chi connectivity index (χ0v) is 15.2. The van der Waals surface area contributed by atoms with Crippen molar-refractivity contribution in [3.05, 3.63) is 57.5 Å². The van der Waals surface area contributed by atoms with Gasteiger partial charge in [-0.25, -0.2) is 4.98 Å². The van der Waals surface area contributed by atoms with E-state index >= 15 is 0 Å². The second kappa shape index (κ2) is 6.17. The van der Waals surface area contributed by atoms with Gasteiger partial charge in [-0.2, -0.15) is 0 Å². The minimum atomic E-state index is -0.206. The van der Waals surface area contributed by atoms with Crippen LogP contribution in [-0.4, -0.2) is 27.3 Å². The molecule has 0 spiro atoms. The van der Waals surface area contributed by atoms with Crippen molar-refractivity contribution in [3.8, 4) is 0 Å². The first kappa shape index (κ1) is 16.7. The molecule has 4 rings (SSSR count). The van der Waals surface area contributed by atoms with E-state index in [2.05, 4.69) is 4.98 Å². The highest BCUT2D eigenvalue weighted by molar-refractivity contribution is 7.16. The van der Waals surface area contributed by atoms with E-state index in [1.807, 2.05) is 24.4 Å². The number of nitrogens with zero attached hydrogens (tertiary/aromatic N) is 3. The number of hydrogen-bond donors (Lipinski definition) is 0. The Morgan fingerprint density at radius 1 is 1.31 bits per heavy atom. The maximum Gasteiger partial charge on any atom is 0.262 e. The topological polar surface area (TPSA) is 72.3 Å². The SMILES string of the molecule is CC(=O)N1c2ccc(C(=O)Cn3cnc4sccc4c3=O)cc2C[C@H]1C. The van der Waals surface area contributed by atoms with Crippen molar-refractivity contribution >= 4 is 38.9 Å². The number of ketones is 1. The van der Waals surface area contributed by atoms with Crippen LogP contribution in [0.1, 0.15) is 29.8 Å². The van der Waals surface area contributed by atoms with Crippen LogP contribution in [0.4, 0.5) is 5.69 Å². The van der Waals surface area contributed by atoms with Gasteiger partial charge in [0.1, 0.15) is 4.83 Å². The number of carbonyl (C=O) groups is 2. The molecule has 1 amide bonds. The number of anilines is 1. The van der Waals surface area contributed by atoms with Crippen LogP contribution in [0, 0.1) is 0 Å². The lowest BCUT2D eigenvalue weighted by atomic mass is 10.0. The van der Waals surface area contributed by atoms with Gasteiger partial charge in [0, 0.05) is 24.2 Å². The van der Waals surface area contributed by atoms with Gasteiger partial charge >= 0.3 is 0 Å². The Bertz CT molecular complexity index is 1100. The third kappa shape index (κ3) is 2.64. The summed E-state index contributed by atoms with van der Waals surface area (Å²) in [5, 5.41) is 2.35. The summed E-state index contributed by atoms with van der Waals surface area (Å²) in [5.74, 6) is -0.155. The fourth-order valence-corrected chi connectivity index (χ4v) is 4.26. The summed E-state index contributed by atoms with van der Waals surface area (Å²) in [7, 11) is 0. The monoisotopic (exact) mass is 367 g/mol. The second-order valence-electron chi connectivity index (χ2n) is 6.53. The van der Waals surface area contributed by atoms with Gasteiger partial charge in [-0.3, -0.25) is 19.0 Å². The number of hydrogen-bond acceptors (Lipinski definition) is 5. The van der Waals surface area contributed by atoms with E-state index in [0.717, 1.165) is 17.7 Å². The summed E-state index contributed by atoms with van der Waals surface area (Å²) < 4.78 is 1.34. The molecule has 0 saturated heterocycles. The zero-order valence-electron chi connectivity index (χ0n) is 14.4. The summed E-state index contributed by atoms with van der Waals surface area (Å²) in [5.41, 5.74) is 2.18. The smallest absolute Gasteiger partial charge is 0.262 e. The van der Waals surface area contributed by atoms with Crippen molar-refractivity contribution in [1.82, 2.24) is 9.55 Å². The number of thiophene rings is 1. The fraction of sp³-hybridized carbons (Fsp3) is 0.263. The normalized spacial score (nSPS) is 16.1. The molecule has 0 N–H and O–H groups in total. The molecule has 1 atom stereocenters. The zero-order chi connectivity index (χ0) is 18.4. The summed E-state index contributed by atoms with van der Waals surface area (Å²) in [4.78, 5) is 43.6. The molecule has 0 unspecified atom stereocenters. The van der Waals surface area contributed by atoms with E-state index in [4.69, 9.17) is 0 Å². The highest BCUT2D eigenvalue weighted by Crippen LogP contribution is 2.33. The van der Waals surface area contributed by atoms with Crippen molar-refractivity contribution in [2.75, 3.05) is 4.90 Å². The van der Waals surface area contributed by atoms with Crippen molar-refractivity contribution in [1.29, 1.82) is 0 Å². The first-order chi connectivity index (χ1) is 12.5. The van der Waals surface area contributed by atoms with Crippen molar-refractivity contribution in [2.24, 2.45) is 0 Å². The number of amides is 1. The lowest BCUT2D eigenvalue weighted by Gasteiger charge is -2.20. The Hall–Kier alpha value is -2.80. The van der Waals surface area contributed by atoms with Gasteiger partial charge in [-0.1, -0.05) is 0 Å². The summed E-state index contributed by atoms with van der Waals surface area (Å²) in [6.07, 6.45) is 2.14. The number of fused-ring (bicyclic) bond motifs is 2. The number of carbonyl (C=O) groups excluding carboxylic acids is 2. The maximum absolute atomic E-state index is 12.7. The van der Waals surface area contributed by atoms with Crippen LogP contribution in [-0.2, 0) is 17.8 Å². The Morgan fingerprint density at radius 2 is 2.12 bits per heavy atom. The highest BCUT2D eigenvalue weighted by atomic mass is 32.1. The van der Waals surface area contributed by atoms with E-state index in [1.54, 1.807) is 24.0 Å². The van der Waals surface area contributed by atoms with Gasteiger partial charge in [-0.05, 0) is 48.6 Å². The van der Waals surface area contributed by atoms with Gasteiger partial charge in [0.15, 0.2) is 5.78 Å².